The molecule has 2 aliphatic rings. The van der Waals surface area contributed by atoms with Gasteiger partial charge in [0, 0.05) is 63.4 Å². The molecule has 150 valence electrons. The first kappa shape index (κ1) is 19.2. The van der Waals surface area contributed by atoms with E-state index in [4.69, 9.17) is 4.74 Å². The summed E-state index contributed by atoms with van der Waals surface area (Å²) < 4.78 is 5.52. The molecule has 4 heterocycles. The van der Waals surface area contributed by atoms with Gasteiger partial charge in [0.1, 0.15) is 0 Å². The monoisotopic (exact) mass is 382 g/mol. The van der Waals surface area contributed by atoms with Crippen LogP contribution in [0, 0.1) is 0 Å². The molecule has 7 heteroatoms. The van der Waals surface area contributed by atoms with Gasteiger partial charge in [0.05, 0.1) is 24.9 Å². The summed E-state index contributed by atoms with van der Waals surface area (Å²) in [5.74, 6) is 0.864. The zero-order valence-electron chi connectivity index (χ0n) is 16.5. The van der Waals surface area contributed by atoms with Gasteiger partial charge < -0.3 is 15.0 Å². The highest BCUT2D eigenvalue weighted by Crippen LogP contribution is 2.19. The van der Waals surface area contributed by atoms with Crippen molar-refractivity contribution in [2.45, 2.75) is 31.8 Å². The molecule has 0 amide bonds. The van der Waals surface area contributed by atoms with Crippen LogP contribution in [0.1, 0.15) is 36.6 Å². The molecule has 0 radical (unpaired) electrons. The fraction of sp³-hybridized carbons (Fsp3) is 0.571. The summed E-state index contributed by atoms with van der Waals surface area (Å²) in [6, 6.07) is 6.38. The zero-order chi connectivity index (χ0) is 19.0. The van der Waals surface area contributed by atoms with Crippen molar-refractivity contribution in [3.63, 3.8) is 0 Å². The van der Waals surface area contributed by atoms with Crippen LogP contribution in [0.15, 0.2) is 36.8 Å². The first-order valence-electron chi connectivity index (χ1n) is 10.4. The SMILES string of the molecule is c1ccc(C(CNCc2cnc(N3CCCCC3)nc2)N2CCOCC2)nc1. The van der Waals surface area contributed by atoms with Gasteiger partial charge in [-0.25, -0.2) is 9.97 Å². The number of nitrogens with zero attached hydrogens (tertiary/aromatic N) is 5. The number of piperidine rings is 1. The van der Waals surface area contributed by atoms with E-state index in [0.717, 1.165) is 69.7 Å². The van der Waals surface area contributed by atoms with E-state index in [-0.39, 0.29) is 6.04 Å². The third-order valence-corrected chi connectivity index (χ3v) is 5.51. The number of nitrogens with one attached hydrogen (secondary N) is 1. The average Bonchev–Trinajstić information content (AvgIpc) is 2.79. The number of morpholine rings is 1. The molecule has 2 aliphatic heterocycles. The molecule has 2 fully saturated rings. The minimum absolute atomic E-state index is 0.249. The second-order valence-corrected chi connectivity index (χ2v) is 7.49. The van der Waals surface area contributed by atoms with Gasteiger partial charge in [-0.1, -0.05) is 6.07 Å². The molecule has 2 aromatic heterocycles. The molecule has 1 unspecified atom stereocenters. The van der Waals surface area contributed by atoms with Crippen molar-refractivity contribution >= 4 is 5.95 Å². The van der Waals surface area contributed by atoms with Crippen molar-refractivity contribution in [1.82, 2.24) is 25.2 Å². The molecule has 0 spiro atoms. The number of anilines is 1. The van der Waals surface area contributed by atoms with Gasteiger partial charge in [0.2, 0.25) is 5.95 Å². The molecule has 1 N–H and O–H groups in total. The summed E-state index contributed by atoms with van der Waals surface area (Å²) in [5.41, 5.74) is 2.22. The summed E-state index contributed by atoms with van der Waals surface area (Å²) >= 11 is 0. The Balaban J connectivity index is 1.33. The number of ether oxygens (including phenoxy) is 1. The zero-order valence-corrected chi connectivity index (χ0v) is 16.5. The Labute approximate surface area is 167 Å². The van der Waals surface area contributed by atoms with Gasteiger partial charge >= 0.3 is 0 Å². The highest BCUT2D eigenvalue weighted by molar-refractivity contribution is 5.30. The Hall–Kier alpha value is -2.09. The van der Waals surface area contributed by atoms with Crippen molar-refractivity contribution in [2.75, 3.05) is 50.8 Å². The fourth-order valence-electron chi connectivity index (χ4n) is 3.93. The van der Waals surface area contributed by atoms with Crippen LogP contribution >= 0.6 is 0 Å². The predicted octanol–water partition coefficient (Wildman–Crippen LogP) is 2.02. The second kappa shape index (κ2) is 9.91. The molecule has 28 heavy (non-hydrogen) atoms. The van der Waals surface area contributed by atoms with Crippen LogP contribution in [-0.2, 0) is 11.3 Å². The lowest BCUT2D eigenvalue weighted by atomic mass is 10.1. The van der Waals surface area contributed by atoms with Crippen LogP contribution in [0.3, 0.4) is 0 Å². The summed E-state index contributed by atoms with van der Waals surface area (Å²) in [6.07, 6.45) is 9.57. The molecule has 7 nitrogen and oxygen atoms in total. The molecule has 2 saturated heterocycles. The highest BCUT2D eigenvalue weighted by Gasteiger charge is 2.23. The maximum atomic E-state index is 5.52. The standard InChI is InChI=1S/C21H30N6O/c1-4-8-27(9-5-1)21-24-15-18(16-25-21)14-22-17-20(19-6-2-3-7-23-19)26-10-12-28-13-11-26/h2-3,6-7,15-16,20,22H,1,4-5,8-14,17H2. The van der Waals surface area contributed by atoms with Gasteiger partial charge in [0.15, 0.2) is 0 Å². The van der Waals surface area contributed by atoms with E-state index in [0.29, 0.717) is 0 Å². The normalized spacial score (nSPS) is 19.5. The smallest absolute Gasteiger partial charge is 0.225 e. The third kappa shape index (κ3) is 5.04. The van der Waals surface area contributed by atoms with Gasteiger partial charge in [-0.3, -0.25) is 9.88 Å². The first-order valence-corrected chi connectivity index (χ1v) is 10.4. The minimum atomic E-state index is 0.249. The molecule has 2 aromatic rings. The number of pyridine rings is 1. The first-order chi connectivity index (χ1) is 13.9. The largest absolute Gasteiger partial charge is 0.379 e. The van der Waals surface area contributed by atoms with Crippen molar-refractivity contribution in [2.24, 2.45) is 0 Å². The van der Waals surface area contributed by atoms with Crippen molar-refractivity contribution in [3.8, 4) is 0 Å². The average molecular weight is 383 g/mol. The topological polar surface area (TPSA) is 66.4 Å². The lowest BCUT2D eigenvalue weighted by Crippen LogP contribution is -2.43. The Morgan fingerprint density at radius 2 is 1.75 bits per heavy atom. The Morgan fingerprint density at radius 1 is 0.964 bits per heavy atom. The second-order valence-electron chi connectivity index (χ2n) is 7.49. The van der Waals surface area contributed by atoms with Crippen molar-refractivity contribution < 1.29 is 4.74 Å². The van der Waals surface area contributed by atoms with Gasteiger partial charge in [0.25, 0.3) is 0 Å². The summed E-state index contributed by atoms with van der Waals surface area (Å²) in [4.78, 5) is 18.5. The third-order valence-electron chi connectivity index (χ3n) is 5.51. The van der Waals surface area contributed by atoms with E-state index in [9.17, 15) is 0 Å². The molecule has 0 bridgehead atoms. The Kier molecular flexibility index (Phi) is 6.81. The van der Waals surface area contributed by atoms with E-state index in [2.05, 4.69) is 42.2 Å². The van der Waals surface area contributed by atoms with Crippen LogP contribution in [-0.4, -0.2) is 65.8 Å². The number of hydrogen-bond acceptors (Lipinski definition) is 7. The van der Waals surface area contributed by atoms with Crippen LogP contribution in [0.2, 0.25) is 0 Å². The van der Waals surface area contributed by atoms with E-state index < -0.39 is 0 Å². The number of rotatable bonds is 7. The number of hydrogen-bond donors (Lipinski definition) is 1. The van der Waals surface area contributed by atoms with E-state index in [1.807, 2.05) is 24.7 Å². The number of aromatic nitrogens is 3. The van der Waals surface area contributed by atoms with E-state index in [1.54, 1.807) is 0 Å². The Morgan fingerprint density at radius 3 is 2.46 bits per heavy atom. The van der Waals surface area contributed by atoms with Crippen molar-refractivity contribution in [1.29, 1.82) is 0 Å². The fourth-order valence-corrected chi connectivity index (χ4v) is 3.93. The van der Waals surface area contributed by atoms with Gasteiger partial charge in [-0.05, 0) is 31.4 Å². The molecular formula is C21H30N6O. The molecule has 4 rings (SSSR count). The predicted molar refractivity (Wildman–Crippen MR) is 109 cm³/mol. The van der Waals surface area contributed by atoms with Crippen LogP contribution in [0.25, 0.3) is 0 Å². The maximum absolute atomic E-state index is 5.52. The minimum Gasteiger partial charge on any atom is -0.379 e. The highest BCUT2D eigenvalue weighted by atomic mass is 16.5. The maximum Gasteiger partial charge on any atom is 0.225 e. The van der Waals surface area contributed by atoms with Crippen LogP contribution in [0.5, 0.6) is 0 Å². The van der Waals surface area contributed by atoms with E-state index in [1.165, 1.54) is 19.3 Å². The summed E-state index contributed by atoms with van der Waals surface area (Å²) in [6.45, 7) is 7.20. The molecule has 0 aromatic carbocycles. The molecule has 0 saturated carbocycles. The summed E-state index contributed by atoms with van der Waals surface area (Å²) in [7, 11) is 0. The van der Waals surface area contributed by atoms with Gasteiger partial charge in [-0.15, -0.1) is 0 Å². The molecule has 1 atom stereocenters. The Bertz CT molecular complexity index is 699. The van der Waals surface area contributed by atoms with Crippen LogP contribution in [0.4, 0.5) is 5.95 Å². The van der Waals surface area contributed by atoms with Gasteiger partial charge in [-0.2, -0.15) is 0 Å². The van der Waals surface area contributed by atoms with Crippen LogP contribution < -0.4 is 10.2 Å². The summed E-state index contributed by atoms with van der Waals surface area (Å²) in [5, 5.41) is 3.58. The molecule has 0 aliphatic carbocycles. The molecular weight excluding hydrogens is 352 g/mol. The van der Waals surface area contributed by atoms with E-state index >= 15 is 0 Å². The lowest BCUT2D eigenvalue weighted by Gasteiger charge is -2.34. The van der Waals surface area contributed by atoms with Crippen molar-refractivity contribution in [3.05, 3.63) is 48.0 Å². The quantitative estimate of drug-likeness (QED) is 0.786. The lowest BCUT2D eigenvalue weighted by molar-refractivity contribution is 0.0152.